The zero-order valence-electron chi connectivity index (χ0n) is 13.4. The van der Waals surface area contributed by atoms with Crippen molar-refractivity contribution < 1.29 is 4.52 Å². The molecule has 8 heteroatoms. The molecule has 1 aliphatic heterocycles. The summed E-state index contributed by atoms with van der Waals surface area (Å²) in [5.41, 5.74) is 1.06. The highest BCUT2D eigenvalue weighted by molar-refractivity contribution is 7.09. The summed E-state index contributed by atoms with van der Waals surface area (Å²) in [7, 11) is 0. The van der Waals surface area contributed by atoms with E-state index in [9.17, 15) is 0 Å². The predicted octanol–water partition coefficient (Wildman–Crippen LogP) is 2.22. The van der Waals surface area contributed by atoms with Gasteiger partial charge in [0.25, 0.3) is 0 Å². The molecule has 3 aromatic rings. The van der Waals surface area contributed by atoms with Gasteiger partial charge in [0.05, 0.1) is 6.54 Å². The Balaban J connectivity index is 1.37. The Morgan fingerprint density at radius 1 is 1.08 bits per heavy atom. The molecule has 0 atom stereocenters. The lowest BCUT2D eigenvalue weighted by molar-refractivity contribution is 0.240. The Hall–Kier alpha value is -2.32. The van der Waals surface area contributed by atoms with Crippen LogP contribution in [0.25, 0.3) is 11.4 Å². The maximum Gasteiger partial charge on any atom is 0.223 e. The molecule has 0 unspecified atom stereocenters. The van der Waals surface area contributed by atoms with E-state index >= 15 is 0 Å². The summed E-state index contributed by atoms with van der Waals surface area (Å²) in [5, 5.41) is 4.95. The fraction of sp³-hybridized carbons (Fsp3) is 0.375. The zero-order chi connectivity index (χ0) is 16.4. The average Bonchev–Trinajstić information content (AvgIpc) is 3.26. The van der Waals surface area contributed by atoms with Gasteiger partial charge in [0.2, 0.25) is 11.0 Å². The van der Waals surface area contributed by atoms with Crippen LogP contribution in [-0.2, 0) is 6.54 Å². The van der Waals surface area contributed by atoms with E-state index in [4.69, 9.17) is 9.51 Å². The number of aryl methyl sites for hydroxylation is 1. The summed E-state index contributed by atoms with van der Waals surface area (Å²) in [4.78, 5) is 13.6. The standard InChI is InChI=1S/C16H18N6OS/c1-12-17-14(19-23-12)11-21-7-9-22(10-8-21)16-18-15(20-24-16)13-5-3-2-4-6-13/h2-6H,7-11H2,1H3. The van der Waals surface area contributed by atoms with Crippen LogP contribution in [0.1, 0.15) is 11.7 Å². The van der Waals surface area contributed by atoms with E-state index in [1.54, 1.807) is 0 Å². The smallest absolute Gasteiger partial charge is 0.223 e. The van der Waals surface area contributed by atoms with Crippen molar-refractivity contribution in [2.75, 3.05) is 31.1 Å². The molecular formula is C16H18N6OS. The topological polar surface area (TPSA) is 71.2 Å². The Morgan fingerprint density at radius 2 is 1.88 bits per heavy atom. The molecule has 0 spiro atoms. The third kappa shape index (κ3) is 3.29. The van der Waals surface area contributed by atoms with Crippen LogP contribution in [0, 0.1) is 6.92 Å². The van der Waals surface area contributed by atoms with Crippen LogP contribution in [0.15, 0.2) is 34.9 Å². The molecule has 2 aromatic heterocycles. The Labute approximate surface area is 144 Å². The molecule has 0 radical (unpaired) electrons. The van der Waals surface area contributed by atoms with Gasteiger partial charge in [0.1, 0.15) is 0 Å². The highest BCUT2D eigenvalue weighted by Gasteiger charge is 2.21. The molecule has 0 N–H and O–H groups in total. The van der Waals surface area contributed by atoms with Crippen LogP contribution in [0.4, 0.5) is 5.13 Å². The minimum atomic E-state index is 0.617. The maximum absolute atomic E-state index is 5.03. The first-order chi connectivity index (χ1) is 11.8. The molecule has 0 aliphatic carbocycles. The van der Waals surface area contributed by atoms with Crippen molar-refractivity contribution in [2.24, 2.45) is 0 Å². The van der Waals surface area contributed by atoms with Crippen LogP contribution in [-0.4, -0.2) is 50.6 Å². The number of hydrogen-bond donors (Lipinski definition) is 0. The zero-order valence-corrected chi connectivity index (χ0v) is 14.2. The van der Waals surface area contributed by atoms with Gasteiger partial charge in [-0.2, -0.15) is 14.3 Å². The molecule has 1 aliphatic rings. The lowest BCUT2D eigenvalue weighted by Crippen LogP contribution is -2.46. The second-order valence-electron chi connectivity index (χ2n) is 5.76. The van der Waals surface area contributed by atoms with Gasteiger partial charge in [0, 0.05) is 50.2 Å². The molecule has 0 bridgehead atoms. The van der Waals surface area contributed by atoms with Gasteiger partial charge >= 0.3 is 0 Å². The summed E-state index contributed by atoms with van der Waals surface area (Å²) in [6, 6.07) is 10.1. The first kappa shape index (κ1) is 15.2. The first-order valence-corrected chi connectivity index (χ1v) is 8.71. The molecule has 1 saturated heterocycles. The molecule has 0 saturated carbocycles. The van der Waals surface area contributed by atoms with Gasteiger partial charge in [-0.15, -0.1) is 0 Å². The first-order valence-electron chi connectivity index (χ1n) is 7.93. The lowest BCUT2D eigenvalue weighted by atomic mass is 10.2. The average molecular weight is 342 g/mol. The molecule has 24 heavy (non-hydrogen) atoms. The fourth-order valence-corrected chi connectivity index (χ4v) is 3.49. The Morgan fingerprint density at radius 3 is 2.58 bits per heavy atom. The minimum absolute atomic E-state index is 0.617. The van der Waals surface area contributed by atoms with Crippen molar-refractivity contribution in [3.63, 3.8) is 0 Å². The van der Waals surface area contributed by atoms with E-state index in [1.165, 1.54) is 11.5 Å². The minimum Gasteiger partial charge on any atom is -0.344 e. The van der Waals surface area contributed by atoms with Crippen LogP contribution in [0.3, 0.4) is 0 Å². The monoisotopic (exact) mass is 342 g/mol. The van der Waals surface area contributed by atoms with Gasteiger partial charge in [-0.1, -0.05) is 35.5 Å². The van der Waals surface area contributed by atoms with E-state index in [2.05, 4.69) is 24.3 Å². The fourth-order valence-electron chi connectivity index (χ4n) is 2.75. The lowest BCUT2D eigenvalue weighted by Gasteiger charge is -2.33. The quantitative estimate of drug-likeness (QED) is 0.720. The van der Waals surface area contributed by atoms with Crippen molar-refractivity contribution >= 4 is 16.7 Å². The third-order valence-corrected chi connectivity index (χ3v) is 4.80. The van der Waals surface area contributed by atoms with Crippen LogP contribution in [0.2, 0.25) is 0 Å². The van der Waals surface area contributed by atoms with Crippen molar-refractivity contribution in [3.05, 3.63) is 42.0 Å². The number of anilines is 1. The van der Waals surface area contributed by atoms with Crippen LogP contribution >= 0.6 is 11.5 Å². The Kier molecular flexibility index (Phi) is 4.22. The molecule has 124 valence electrons. The predicted molar refractivity (Wildman–Crippen MR) is 91.9 cm³/mol. The molecule has 0 amide bonds. The molecule has 4 rings (SSSR count). The summed E-state index contributed by atoms with van der Waals surface area (Å²) >= 11 is 1.47. The van der Waals surface area contributed by atoms with E-state index in [0.29, 0.717) is 5.89 Å². The SMILES string of the molecule is Cc1nc(CN2CCN(c3nc(-c4ccccc4)ns3)CC2)no1. The number of aromatic nitrogens is 4. The van der Waals surface area contributed by atoms with Crippen molar-refractivity contribution in [3.8, 4) is 11.4 Å². The van der Waals surface area contributed by atoms with E-state index < -0.39 is 0 Å². The number of piperazine rings is 1. The van der Waals surface area contributed by atoms with Crippen molar-refractivity contribution in [1.82, 2.24) is 24.4 Å². The number of hydrogen-bond acceptors (Lipinski definition) is 8. The van der Waals surface area contributed by atoms with E-state index in [1.807, 2.05) is 37.3 Å². The van der Waals surface area contributed by atoms with Crippen LogP contribution in [0.5, 0.6) is 0 Å². The Bertz CT molecular complexity index is 794. The van der Waals surface area contributed by atoms with Gasteiger partial charge in [-0.25, -0.2) is 0 Å². The second kappa shape index (κ2) is 6.66. The van der Waals surface area contributed by atoms with Gasteiger partial charge in [-0.3, -0.25) is 4.90 Å². The summed E-state index contributed by atoms with van der Waals surface area (Å²) in [6.45, 7) is 6.31. The van der Waals surface area contributed by atoms with Gasteiger partial charge < -0.3 is 9.42 Å². The summed E-state index contributed by atoms with van der Waals surface area (Å²) < 4.78 is 9.52. The molecule has 7 nitrogen and oxygen atoms in total. The highest BCUT2D eigenvalue weighted by atomic mass is 32.1. The number of benzene rings is 1. The van der Waals surface area contributed by atoms with Crippen LogP contribution < -0.4 is 4.90 Å². The van der Waals surface area contributed by atoms with Gasteiger partial charge in [0.15, 0.2) is 11.6 Å². The van der Waals surface area contributed by atoms with E-state index in [0.717, 1.165) is 55.1 Å². The molecule has 1 aromatic carbocycles. The van der Waals surface area contributed by atoms with Crippen molar-refractivity contribution in [1.29, 1.82) is 0 Å². The van der Waals surface area contributed by atoms with Gasteiger partial charge in [-0.05, 0) is 0 Å². The summed E-state index contributed by atoms with van der Waals surface area (Å²) in [6.07, 6.45) is 0. The third-order valence-electron chi connectivity index (χ3n) is 4.02. The second-order valence-corrected chi connectivity index (χ2v) is 6.49. The van der Waals surface area contributed by atoms with Crippen molar-refractivity contribution in [2.45, 2.75) is 13.5 Å². The maximum atomic E-state index is 5.03. The number of nitrogens with zero attached hydrogens (tertiary/aromatic N) is 6. The molecule has 1 fully saturated rings. The molecular weight excluding hydrogens is 324 g/mol. The molecule has 3 heterocycles. The highest BCUT2D eigenvalue weighted by Crippen LogP contribution is 2.24. The largest absolute Gasteiger partial charge is 0.344 e. The van der Waals surface area contributed by atoms with E-state index in [-0.39, 0.29) is 0 Å². The summed E-state index contributed by atoms with van der Waals surface area (Å²) in [5.74, 6) is 2.18. The normalized spacial score (nSPS) is 15.8. The number of rotatable bonds is 4.